The average Bonchev–Trinajstić information content (AvgIpc) is 1.76. The van der Waals surface area contributed by atoms with E-state index in [9.17, 15) is 0 Å². The second-order valence-electron chi connectivity index (χ2n) is 1.00. The van der Waals surface area contributed by atoms with Gasteiger partial charge in [-0.2, -0.15) is 0 Å². The number of hydrogen-bond donors (Lipinski definition) is 0. The summed E-state index contributed by atoms with van der Waals surface area (Å²) < 4.78 is 0. The Hall–Kier alpha value is 2.33. The quantitative estimate of drug-likeness (QED) is 0.261. The van der Waals surface area contributed by atoms with Gasteiger partial charge in [0.25, 0.3) is 0 Å². The molecule has 0 aromatic heterocycles. The minimum atomic E-state index is -2.33. The van der Waals surface area contributed by atoms with Gasteiger partial charge < -0.3 is 60.0 Å². The second kappa shape index (κ2) is 56.7. The molecule has 0 N–H and O–H groups in total. The van der Waals surface area contributed by atoms with Gasteiger partial charge in [0.05, 0.1) is 0 Å². The Balaban J connectivity index is -0.00000001000. The predicted octanol–water partition coefficient (Wildman–Crippen LogP) is -21.8. The molecule has 0 spiro atoms. The zero-order chi connectivity index (χ0) is 14.3. The first kappa shape index (κ1) is 64.5. The van der Waals surface area contributed by atoms with E-state index in [1.165, 1.54) is 0 Å². The van der Waals surface area contributed by atoms with Crippen LogP contribution in [0, 0.1) is 0 Å². The van der Waals surface area contributed by atoms with E-state index < -0.39 is 24.6 Å². The molecule has 0 aromatic rings. The van der Waals surface area contributed by atoms with Gasteiger partial charge in [0.15, 0.2) is 0 Å². The fraction of sp³-hybridized carbons (Fsp3) is 0. The maximum Gasteiger partial charge on any atom is 2.00 e. The van der Waals surface area contributed by atoms with Gasteiger partial charge in [0.2, 0.25) is 0 Å². The Bertz CT molecular complexity index is 177. The monoisotopic (exact) mass is 538 g/mol. The molecule has 0 bridgehead atoms. The molecule has 0 amide bonds. The Kier molecular flexibility index (Phi) is 166. The van der Waals surface area contributed by atoms with E-state index in [4.69, 9.17) is 60.0 Å². The smallest absolute Gasteiger partial charge is 0.652 e. The van der Waals surface area contributed by atoms with Crippen LogP contribution in [-0.2, 0) is 39.0 Å². The molecule has 2 radical (unpaired) electrons. The normalized spacial score (nSPS) is 4.36. The molecule has 0 aromatic carbocycles. The van der Waals surface area contributed by atoms with Crippen LogP contribution in [0.3, 0.4) is 0 Å². The van der Waals surface area contributed by atoms with Gasteiger partial charge in [-0.05, 0) is 24.6 Å². The molecule has 0 rings (SSSR count). The number of carbonyl (C=O) groups is 4. The van der Waals surface area contributed by atoms with Crippen LogP contribution in [0.2, 0.25) is 0 Å². The van der Waals surface area contributed by atoms with Crippen molar-refractivity contribution in [1.29, 1.82) is 0 Å². The van der Waals surface area contributed by atoms with Gasteiger partial charge in [-0.25, -0.2) is 0 Å². The van der Waals surface area contributed by atoms with Crippen molar-refractivity contribution in [3.05, 3.63) is 0 Å². The van der Waals surface area contributed by atoms with Gasteiger partial charge in [-0.1, -0.05) is 0 Å². The molecule has 0 unspecified atom stereocenters. The van der Waals surface area contributed by atoms with Crippen molar-refractivity contribution in [3.63, 3.8) is 0 Å². The maximum absolute atomic E-state index is 8.33. The summed E-state index contributed by atoms with van der Waals surface area (Å²) in [6, 6.07) is 0. The maximum atomic E-state index is 8.33. The van der Waals surface area contributed by atoms with Crippen molar-refractivity contribution in [2.45, 2.75) is 0 Å². The first-order chi connectivity index (χ1) is 6.93. The second-order valence-corrected chi connectivity index (χ2v) is 1.00. The molecule has 18 heteroatoms. The largest absolute Gasteiger partial charge is 2.00 e. The summed E-state index contributed by atoms with van der Waals surface area (Å²) in [6.45, 7) is 0. The Labute approximate surface area is 237 Å². The van der Waals surface area contributed by atoms with Crippen LogP contribution in [-0.4, -0.2) is 24.6 Å². The van der Waals surface area contributed by atoms with Crippen molar-refractivity contribution in [2.75, 3.05) is 0 Å². The van der Waals surface area contributed by atoms with Crippen LogP contribution >= 0.6 is 0 Å². The van der Waals surface area contributed by atoms with Gasteiger partial charge >= 0.3 is 157 Å². The standard InChI is InChI=1S/4CH2O3.4Na.2Rh/c4*2-1(3)4;;;;;;/h4*(H2,2,3,4);;;;;;/q;;;;4*+1;2*+2/p-8. The molecule has 0 fully saturated rings. The molecule has 12 nitrogen and oxygen atoms in total. The number of carboxylic acid groups (broad SMARTS) is 8. The summed E-state index contributed by atoms with van der Waals surface area (Å²) in [5.41, 5.74) is 0. The first-order valence-corrected chi connectivity index (χ1v) is 2.45. The fourth-order valence-corrected chi connectivity index (χ4v) is 0. The molecule has 0 aliphatic rings. The molecule has 0 saturated heterocycles. The molecule has 22 heavy (non-hydrogen) atoms. The van der Waals surface area contributed by atoms with Crippen LogP contribution in [0.25, 0.3) is 0 Å². The van der Waals surface area contributed by atoms with E-state index in [-0.39, 0.29) is 157 Å². The predicted molar refractivity (Wildman–Crippen MR) is 21.6 cm³/mol. The molecule has 0 heterocycles. The number of carbonyl (C=O) groups excluding carboxylic acids is 4. The van der Waals surface area contributed by atoms with Crippen LogP contribution in [0.4, 0.5) is 19.2 Å². The molecule has 0 aliphatic heterocycles. The van der Waals surface area contributed by atoms with Crippen LogP contribution in [0.15, 0.2) is 0 Å². The molecule has 0 atom stereocenters. The minimum Gasteiger partial charge on any atom is -0.652 e. The minimum absolute atomic E-state index is 0. The van der Waals surface area contributed by atoms with Crippen molar-refractivity contribution >= 4 is 24.6 Å². The number of hydrogen-bond acceptors (Lipinski definition) is 12. The molecule has 0 saturated carbocycles. The summed E-state index contributed by atoms with van der Waals surface area (Å²) in [4.78, 5) is 33.3. The van der Waals surface area contributed by atoms with Crippen molar-refractivity contribution < 1.29 is 217 Å². The number of rotatable bonds is 0. The summed E-state index contributed by atoms with van der Waals surface area (Å²) in [5, 5.41) is 66.7. The van der Waals surface area contributed by atoms with Gasteiger partial charge in [-0.3, -0.25) is 0 Å². The van der Waals surface area contributed by atoms with Crippen molar-refractivity contribution in [2.24, 2.45) is 0 Å². The topological polar surface area (TPSA) is 253 Å². The Morgan fingerprint density at radius 3 is 0.364 bits per heavy atom. The molecule has 0 aliphatic carbocycles. The van der Waals surface area contributed by atoms with Gasteiger partial charge in [0, 0.05) is 0 Å². The van der Waals surface area contributed by atoms with Crippen LogP contribution in [0.1, 0.15) is 0 Å². The zero-order valence-corrected chi connectivity index (χ0v) is 22.8. The first-order valence-electron chi connectivity index (χ1n) is 2.45. The van der Waals surface area contributed by atoms with E-state index in [1.807, 2.05) is 0 Å². The third-order valence-corrected chi connectivity index (χ3v) is 0. The Morgan fingerprint density at radius 2 is 0.364 bits per heavy atom. The van der Waals surface area contributed by atoms with Crippen LogP contribution in [0.5, 0.6) is 0 Å². The Morgan fingerprint density at radius 1 is 0.364 bits per heavy atom. The summed E-state index contributed by atoms with van der Waals surface area (Å²) >= 11 is 0. The third-order valence-electron chi connectivity index (χ3n) is 0. The van der Waals surface area contributed by atoms with Crippen LogP contribution < -0.4 is 159 Å². The van der Waals surface area contributed by atoms with E-state index in [2.05, 4.69) is 0 Å². The SMILES string of the molecule is O=C([O-])[O-].O=C([O-])[O-].O=C([O-])[O-].O=C([O-])[O-].[Na+].[Na+].[Na+].[Na+].[Rh+2].[Rh+2]. The summed E-state index contributed by atoms with van der Waals surface area (Å²) in [5.74, 6) is 0. The molecular weight excluding hydrogens is 538 g/mol. The van der Waals surface area contributed by atoms with E-state index >= 15 is 0 Å². The fourth-order valence-electron chi connectivity index (χ4n) is 0. The van der Waals surface area contributed by atoms with Crippen molar-refractivity contribution in [1.82, 2.24) is 0 Å². The van der Waals surface area contributed by atoms with E-state index in [1.54, 1.807) is 0 Å². The van der Waals surface area contributed by atoms with Gasteiger partial charge in [0.1, 0.15) is 0 Å². The van der Waals surface area contributed by atoms with Gasteiger partial charge in [-0.15, -0.1) is 0 Å². The third kappa shape index (κ3) is 1880. The summed E-state index contributed by atoms with van der Waals surface area (Å²) in [6.07, 6.45) is -9.33. The van der Waals surface area contributed by atoms with E-state index in [0.717, 1.165) is 0 Å². The molecule has 110 valence electrons. The zero-order valence-electron chi connectivity index (χ0n) is 11.6. The van der Waals surface area contributed by atoms with E-state index in [0.29, 0.717) is 0 Å². The average molecular weight is 538 g/mol. The summed E-state index contributed by atoms with van der Waals surface area (Å²) in [7, 11) is 0. The van der Waals surface area contributed by atoms with Crippen molar-refractivity contribution in [3.8, 4) is 0 Å². The molecular formula is C4Na4O12Rh2.